The van der Waals surface area contributed by atoms with Crippen LogP contribution in [0.25, 0.3) is 22.3 Å². The monoisotopic (exact) mass is 598 g/mol. The maximum absolute atomic E-state index is 12.7. The molecule has 0 aliphatic carbocycles. The number of fused-ring (bicyclic) bond motifs is 1. The van der Waals surface area contributed by atoms with Gasteiger partial charge in [-0.1, -0.05) is 58.3 Å². The Kier molecular flexibility index (Phi) is 11.6. The summed E-state index contributed by atoms with van der Waals surface area (Å²) >= 11 is 0. The van der Waals surface area contributed by atoms with Gasteiger partial charge in [0.05, 0.1) is 5.39 Å². The lowest BCUT2D eigenvalue weighted by Gasteiger charge is -2.14. The molecule has 3 aromatic rings. The molecule has 2 heterocycles. The van der Waals surface area contributed by atoms with Gasteiger partial charge < -0.3 is 24.9 Å². The maximum atomic E-state index is 12.7. The van der Waals surface area contributed by atoms with Gasteiger partial charge >= 0.3 is 12.1 Å². The lowest BCUT2D eigenvalue weighted by atomic mass is 10.1. The van der Waals surface area contributed by atoms with Crippen molar-refractivity contribution in [2.24, 2.45) is 0 Å². The van der Waals surface area contributed by atoms with Gasteiger partial charge in [-0.15, -0.1) is 0 Å². The molecule has 0 saturated carbocycles. The summed E-state index contributed by atoms with van der Waals surface area (Å²) in [6, 6.07) is 13.8. The normalized spacial score (nSPS) is 15.4. The summed E-state index contributed by atoms with van der Waals surface area (Å²) in [5, 5.41) is 15.7. The van der Waals surface area contributed by atoms with Crippen molar-refractivity contribution in [2.45, 2.75) is 62.7 Å². The summed E-state index contributed by atoms with van der Waals surface area (Å²) in [5.41, 5.74) is 0.799. The first kappa shape index (κ1) is 30.5. The molecule has 1 aliphatic heterocycles. The number of rotatable bonds is 14. The molecule has 0 spiro atoms. The van der Waals surface area contributed by atoms with Gasteiger partial charge in [0.15, 0.2) is 5.43 Å². The van der Waals surface area contributed by atoms with Crippen LogP contribution in [-0.4, -0.2) is 46.7 Å². The van der Waals surface area contributed by atoms with Crippen LogP contribution in [0.1, 0.15) is 51.4 Å². The van der Waals surface area contributed by atoms with Gasteiger partial charge in [-0.25, -0.2) is 9.59 Å². The molecule has 41 heavy (non-hydrogen) atoms. The Morgan fingerprint density at radius 1 is 1.05 bits per heavy atom. The first-order valence-corrected chi connectivity index (χ1v) is 16.2. The van der Waals surface area contributed by atoms with Gasteiger partial charge in [0.25, 0.3) is 0 Å². The zero-order valence-electron chi connectivity index (χ0n) is 22.6. The molecule has 9 nitrogen and oxygen atoms in total. The fraction of sp³-hybridized carbons (Fsp3) is 0.400. The zero-order valence-corrected chi connectivity index (χ0v) is 24.3. The molecule has 2 atom stereocenters. The van der Waals surface area contributed by atoms with Crippen molar-refractivity contribution in [1.29, 1.82) is 0 Å². The van der Waals surface area contributed by atoms with Crippen LogP contribution in [0.3, 0.4) is 0 Å². The summed E-state index contributed by atoms with van der Waals surface area (Å²) in [6.45, 7) is 0.455. The second-order valence-electron chi connectivity index (χ2n) is 9.84. The van der Waals surface area contributed by atoms with Gasteiger partial charge in [0.1, 0.15) is 23.1 Å². The van der Waals surface area contributed by atoms with Crippen LogP contribution < -0.4 is 20.8 Å². The van der Waals surface area contributed by atoms with E-state index in [1.54, 1.807) is 0 Å². The molecule has 1 saturated heterocycles. The number of ether oxygens (including phenoxy) is 1. The Labute approximate surface area is 246 Å². The zero-order chi connectivity index (χ0) is 29.0. The second-order valence-corrected chi connectivity index (χ2v) is 12.6. The molecule has 4 rings (SSSR count). The van der Waals surface area contributed by atoms with E-state index < -0.39 is 18.1 Å². The first-order chi connectivity index (χ1) is 19.9. The smallest absolute Gasteiger partial charge is 0.413 e. The highest BCUT2D eigenvalue weighted by Crippen LogP contribution is 2.39. The Morgan fingerprint density at radius 3 is 2.63 bits per heavy atom. The molecular weight excluding hydrogens is 564 g/mol. The van der Waals surface area contributed by atoms with E-state index in [1.807, 2.05) is 51.9 Å². The van der Waals surface area contributed by atoms with E-state index in [-0.39, 0.29) is 28.9 Å². The van der Waals surface area contributed by atoms with Crippen LogP contribution in [0.2, 0.25) is 0 Å². The van der Waals surface area contributed by atoms with Crippen molar-refractivity contribution in [3.8, 4) is 17.1 Å². The van der Waals surface area contributed by atoms with E-state index >= 15 is 0 Å². The van der Waals surface area contributed by atoms with Crippen molar-refractivity contribution < 1.29 is 28.6 Å². The number of unbranched alkanes of at least 4 members (excludes halogenated alkanes) is 2. The highest BCUT2D eigenvalue weighted by molar-refractivity contribution is 8.77. The number of carboxylic acids is 1. The largest absolute Gasteiger partial charge is 0.480 e. The van der Waals surface area contributed by atoms with Crippen molar-refractivity contribution >= 4 is 50.5 Å². The van der Waals surface area contributed by atoms with E-state index in [0.717, 1.165) is 30.1 Å². The summed E-state index contributed by atoms with van der Waals surface area (Å²) in [5.74, 6) is 0.554. The maximum Gasteiger partial charge on any atom is 0.413 e. The minimum Gasteiger partial charge on any atom is -0.480 e. The van der Waals surface area contributed by atoms with Gasteiger partial charge in [0.2, 0.25) is 5.91 Å². The minimum atomic E-state index is -1.18. The van der Waals surface area contributed by atoms with Crippen LogP contribution in [0.4, 0.5) is 4.79 Å². The third-order valence-corrected chi connectivity index (χ3v) is 9.71. The highest BCUT2D eigenvalue weighted by Gasteiger charge is 2.21. The fourth-order valence-corrected chi connectivity index (χ4v) is 7.52. The number of hydrogen-bond acceptors (Lipinski definition) is 8. The van der Waals surface area contributed by atoms with Crippen molar-refractivity contribution in [3.63, 3.8) is 0 Å². The summed E-state index contributed by atoms with van der Waals surface area (Å²) in [4.78, 5) is 48.8. The van der Waals surface area contributed by atoms with Gasteiger partial charge in [-0.2, -0.15) is 0 Å². The molecule has 1 aliphatic rings. The standard InChI is InChI=1S/C30H34N2O7S2/c33-25-19-27(20-8-2-1-3-9-20)39-26-14-13-21(18-23(25)26)38-30(37)32-24(29(35)36)11-6-7-16-31-28(34)12-5-4-10-22-15-17-40-41-22/h1-3,8-9,13-14,18-19,22,24H,4-7,10-12,15-17H2,(H,31,34)(H,32,37)(H,35,36). The number of carbonyl (C=O) groups is 3. The summed E-state index contributed by atoms with van der Waals surface area (Å²) in [7, 11) is 3.88. The number of aliphatic carboxylic acids is 1. The predicted molar refractivity (Wildman–Crippen MR) is 162 cm³/mol. The van der Waals surface area contributed by atoms with Crippen molar-refractivity contribution in [2.75, 3.05) is 12.3 Å². The quantitative estimate of drug-likeness (QED) is 0.151. The van der Waals surface area contributed by atoms with Gasteiger partial charge in [-0.3, -0.25) is 9.59 Å². The molecule has 2 amide bonds. The Balaban J connectivity index is 1.19. The molecule has 218 valence electrons. The molecule has 2 aromatic carbocycles. The molecule has 1 fully saturated rings. The highest BCUT2D eigenvalue weighted by atomic mass is 33.1. The predicted octanol–water partition coefficient (Wildman–Crippen LogP) is 6.00. The van der Waals surface area contributed by atoms with Crippen molar-refractivity contribution in [1.82, 2.24) is 10.6 Å². The van der Waals surface area contributed by atoms with Crippen LogP contribution in [0, 0.1) is 0 Å². The van der Waals surface area contributed by atoms with E-state index in [1.165, 1.54) is 36.4 Å². The molecule has 0 bridgehead atoms. The topological polar surface area (TPSA) is 135 Å². The van der Waals surface area contributed by atoms with Crippen molar-refractivity contribution in [3.05, 3.63) is 64.8 Å². The molecule has 3 N–H and O–H groups in total. The minimum absolute atomic E-state index is 0.00986. The number of nitrogens with one attached hydrogen (secondary N) is 2. The van der Waals surface area contributed by atoms with Crippen LogP contribution in [0.15, 0.2) is 63.8 Å². The Morgan fingerprint density at radius 2 is 1.88 bits per heavy atom. The van der Waals surface area contributed by atoms with E-state index in [2.05, 4.69) is 10.6 Å². The second kappa shape index (κ2) is 15.5. The van der Waals surface area contributed by atoms with Crippen LogP contribution in [-0.2, 0) is 9.59 Å². The number of amides is 2. The average molecular weight is 599 g/mol. The number of hydrogen-bond donors (Lipinski definition) is 3. The average Bonchev–Trinajstić information content (AvgIpc) is 3.49. The van der Waals surface area contributed by atoms with E-state index in [4.69, 9.17) is 9.15 Å². The molecule has 2 unspecified atom stereocenters. The number of carboxylic acid groups (broad SMARTS) is 1. The fourth-order valence-electron chi connectivity index (χ4n) is 4.49. The molecule has 11 heteroatoms. The molecular formula is C30H34N2O7S2. The van der Waals surface area contributed by atoms with E-state index in [0.29, 0.717) is 37.2 Å². The summed E-state index contributed by atoms with van der Waals surface area (Å²) < 4.78 is 11.1. The van der Waals surface area contributed by atoms with Crippen LogP contribution in [0.5, 0.6) is 5.75 Å². The van der Waals surface area contributed by atoms with Gasteiger partial charge in [-0.05, 0) is 56.7 Å². The number of benzene rings is 2. The number of carbonyl (C=O) groups excluding carboxylic acids is 2. The molecule has 0 radical (unpaired) electrons. The van der Waals surface area contributed by atoms with Gasteiger partial charge in [0, 0.05) is 35.6 Å². The van der Waals surface area contributed by atoms with E-state index in [9.17, 15) is 24.3 Å². The molecule has 1 aromatic heterocycles. The Hall–Kier alpha value is -3.44. The lowest BCUT2D eigenvalue weighted by molar-refractivity contribution is -0.139. The Bertz CT molecular complexity index is 1390. The van der Waals surface area contributed by atoms with Crippen LogP contribution >= 0.6 is 21.6 Å². The third-order valence-electron chi connectivity index (χ3n) is 6.71. The SMILES string of the molecule is O=C(CCCCC1CCSS1)NCCCCC(NC(=O)Oc1ccc2oc(-c3ccccc3)cc(=O)c2c1)C(=O)O. The lowest BCUT2D eigenvalue weighted by Crippen LogP contribution is -2.42. The third kappa shape index (κ3) is 9.57. The summed E-state index contributed by atoms with van der Waals surface area (Å²) in [6.07, 6.45) is 5.16. The first-order valence-electron chi connectivity index (χ1n) is 13.8.